The highest BCUT2D eigenvalue weighted by Crippen LogP contribution is 2.18. The smallest absolute Gasteiger partial charge is 0.0624 e. The summed E-state index contributed by atoms with van der Waals surface area (Å²) in [7, 11) is 0. The van der Waals surface area contributed by atoms with Crippen molar-refractivity contribution in [1.82, 2.24) is 15.1 Å². The van der Waals surface area contributed by atoms with Gasteiger partial charge >= 0.3 is 0 Å². The van der Waals surface area contributed by atoms with Gasteiger partial charge in [0.1, 0.15) is 0 Å². The Balaban J connectivity index is 2.68. The van der Waals surface area contributed by atoms with Gasteiger partial charge in [-0.1, -0.05) is 34.6 Å². The van der Waals surface area contributed by atoms with Crippen molar-refractivity contribution < 1.29 is 0 Å². The van der Waals surface area contributed by atoms with Gasteiger partial charge in [0.25, 0.3) is 0 Å². The van der Waals surface area contributed by atoms with Gasteiger partial charge in [-0.15, -0.1) is 0 Å². The summed E-state index contributed by atoms with van der Waals surface area (Å²) in [6, 6.07) is 2.30. The summed E-state index contributed by atoms with van der Waals surface area (Å²) in [5, 5.41) is 8.32. The third kappa shape index (κ3) is 6.64. The van der Waals surface area contributed by atoms with Crippen LogP contribution in [0.1, 0.15) is 59.4 Å². The van der Waals surface area contributed by atoms with E-state index in [0.29, 0.717) is 5.92 Å². The minimum absolute atomic E-state index is 0.704. The monoisotopic (exact) mass is 293 g/mol. The SMILES string of the molecule is CCc1cc(CC(CNCC(C)C)CC(C)C)n(CC)n1. The van der Waals surface area contributed by atoms with E-state index in [2.05, 4.69) is 62.7 Å². The fourth-order valence-corrected chi connectivity index (χ4v) is 2.90. The number of nitrogens with one attached hydrogen (secondary N) is 1. The molecule has 1 unspecified atom stereocenters. The van der Waals surface area contributed by atoms with E-state index in [-0.39, 0.29) is 0 Å². The molecule has 0 aliphatic heterocycles. The van der Waals surface area contributed by atoms with Crippen LogP contribution in [0.5, 0.6) is 0 Å². The zero-order valence-electron chi connectivity index (χ0n) is 14.9. The third-order valence-electron chi connectivity index (χ3n) is 3.86. The molecule has 1 atom stereocenters. The highest BCUT2D eigenvalue weighted by atomic mass is 15.3. The van der Waals surface area contributed by atoms with Gasteiger partial charge in [0, 0.05) is 12.2 Å². The number of hydrogen-bond acceptors (Lipinski definition) is 2. The lowest BCUT2D eigenvalue weighted by Crippen LogP contribution is -2.29. The first-order chi connectivity index (χ1) is 9.96. The molecular weight excluding hydrogens is 258 g/mol. The van der Waals surface area contributed by atoms with Gasteiger partial charge in [0.2, 0.25) is 0 Å². The summed E-state index contributed by atoms with van der Waals surface area (Å²) in [4.78, 5) is 0. The van der Waals surface area contributed by atoms with Crippen LogP contribution in [-0.4, -0.2) is 22.9 Å². The molecule has 0 saturated heterocycles. The maximum Gasteiger partial charge on any atom is 0.0624 e. The van der Waals surface area contributed by atoms with Gasteiger partial charge in [-0.25, -0.2) is 0 Å². The van der Waals surface area contributed by atoms with Crippen LogP contribution in [0.4, 0.5) is 0 Å². The van der Waals surface area contributed by atoms with E-state index in [0.717, 1.165) is 44.3 Å². The lowest BCUT2D eigenvalue weighted by Gasteiger charge is -2.20. The molecular formula is C18H35N3. The van der Waals surface area contributed by atoms with Gasteiger partial charge in [-0.2, -0.15) is 5.10 Å². The zero-order valence-corrected chi connectivity index (χ0v) is 14.9. The van der Waals surface area contributed by atoms with Crippen molar-refractivity contribution >= 4 is 0 Å². The van der Waals surface area contributed by atoms with E-state index in [1.165, 1.54) is 17.8 Å². The predicted molar refractivity (Wildman–Crippen MR) is 91.6 cm³/mol. The second kappa shape index (κ2) is 9.24. The molecule has 0 saturated carbocycles. The van der Waals surface area contributed by atoms with Gasteiger partial charge in [-0.05, 0) is 63.1 Å². The first kappa shape index (κ1) is 18.2. The van der Waals surface area contributed by atoms with Crippen molar-refractivity contribution in [2.45, 2.75) is 67.3 Å². The molecule has 0 radical (unpaired) electrons. The molecule has 0 fully saturated rings. The highest BCUT2D eigenvalue weighted by molar-refractivity contribution is 5.11. The molecule has 0 aliphatic rings. The summed E-state index contributed by atoms with van der Waals surface area (Å²) >= 11 is 0. The molecule has 1 aromatic rings. The van der Waals surface area contributed by atoms with Crippen LogP contribution in [0.15, 0.2) is 6.07 Å². The number of aromatic nitrogens is 2. The Morgan fingerprint density at radius 1 is 1.10 bits per heavy atom. The summed E-state index contributed by atoms with van der Waals surface area (Å²) in [5.41, 5.74) is 2.64. The molecule has 0 bridgehead atoms. The fraction of sp³-hybridized carbons (Fsp3) is 0.833. The number of aryl methyl sites for hydroxylation is 2. The number of nitrogens with zero attached hydrogens (tertiary/aromatic N) is 2. The predicted octanol–water partition coefficient (Wildman–Crippen LogP) is 3.92. The standard InChI is InChI=1S/C18H35N3/c1-7-17-11-18(21(8-2)20-17)10-16(9-14(3)4)13-19-12-15(5)6/h11,14-16,19H,7-10,12-13H2,1-6H3. The fourth-order valence-electron chi connectivity index (χ4n) is 2.90. The topological polar surface area (TPSA) is 29.9 Å². The highest BCUT2D eigenvalue weighted by Gasteiger charge is 2.15. The van der Waals surface area contributed by atoms with Crippen LogP contribution in [0.25, 0.3) is 0 Å². The Morgan fingerprint density at radius 2 is 1.81 bits per heavy atom. The number of rotatable bonds is 10. The normalized spacial score (nSPS) is 13.3. The second-order valence-electron chi connectivity index (χ2n) is 7.05. The van der Waals surface area contributed by atoms with Crippen LogP contribution in [0, 0.1) is 17.8 Å². The van der Waals surface area contributed by atoms with E-state index in [1.54, 1.807) is 0 Å². The molecule has 0 aromatic carbocycles. The molecule has 1 rings (SSSR count). The molecule has 3 nitrogen and oxygen atoms in total. The quantitative estimate of drug-likeness (QED) is 0.708. The molecule has 1 heterocycles. The number of hydrogen-bond donors (Lipinski definition) is 1. The van der Waals surface area contributed by atoms with E-state index < -0.39 is 0 Å². The van der Waals surface area contributed by atoms with E-state index >= 15 is 0 Å². The Hall–Kier alpha value is -0.830. The van der Waals surface area contributed by atoms with E-state index in [1.807, 2.05) is 0 Å². The van der Waals surface area contributed by atoms with Gasteiger partial charge in [0.15, 0.2) is 0 Å². The van der Waals surface area contributed by atoms with E-state index in [4.69, 9.17) is 0 Å². The third-order valence-corrected chi connectivity index (χ3v) is 3.86. The van der Waals surface area contributed by atoms with Crippen LogP contribution in [0.3, 0.4) is 0 Å². The molecule has 1 N–H and O–H groups in total. The Bertz CT molecular complexity index is 393. The van der Waals surface area contributed by atoms with Crippen molar-refractivity contribution in [3.63, 3.8) is 0 Å². The largest absolute Gasteiger partial charge is 0.316 e. The first-order valence-electron chi connectivity index (χ1n) is 8.72. The molecule has 3 heteroatoms. The zero-order chi connectivity index (χ0) is 15.8. The van der Waals surface area contributed by atoms with Crippen molar-refractivity contribution in [2.24, 2.45) is 17.8 Å². The minimum atomic E-state index is 0.704. The maximum atomic E-state index is 4.68. The molecule has 122 valence electrons. The average molecular weight is 293 g/mol. The van der Waals surface area contributed by atoms with E-state index in [9.17, 15) is 0 Å². The minimum Gasteiger partial charge on any atom is -0.316 e. The molecule has 0 spiro atoms. The van der Waals surface area contributed by atoms with Crippen LogP contribution < -0.4 is 5.32 Å². The maximum absolute atomic E-state index is 4.68. The Morgan fingerprint density at radius 3 is 2.33 bits per heavy atom. The van der Waals surface area contributed by atoms with Gasteiger partial charge in [-0.3, -0.25) is 4.68 Å². The van der Waals surface area contributed by atoms with Crippen molar-refractivity contribution in [2.75, 3.05) is 13.1 Å². The van der Waals surface area contributed by atoms with Gasteiger partial charge in [0.05, 0.1) is 5.69 Å². The summed E-state index contributed by atoms with van der Waals surface area (Å²) in [6.07, 6.45) is 3.45. The van der Waals surface area contributed by atoms with Crippen molar-refractivity contribution in [3.8, 4) is 0 Å². The lowest BCUT2D eigenvalue weighted by atomic mass is 9.92. The first-order valence-corrected chi connectivity index (χ1v) is 8.72. The second-order valence-corrected chi connectivity index (χ2v) is 7.05. The van der Waals surface area contributed by atoms with Gasteiger partial charge < -0.3 is 5.32 Å². The lowest BCUT2D eigenvalue weighted by molar-refractivity contribution is 0.368. The Labute approximate surface area is 131 Å². The van der Waals surface area contributed by atoms with Crippen LogP contribution in [0.2, 0.25) is 0 Å². The summed E-state index contributed by atoms with van der Waals surface area (Å²) < 4.78 is 2.19. The summed E-state index contributed by atoms with van der Waals surface area (Å²) in [6.45, 7) is 16.8. The van der Waals surface area contributed by atoms with Crippen LogP contribution >= 0.6 is 0 Å². The molecule has 0 aliphatic carbocycles. The molecule has 1 aromatic heterocycles. The molecule has 21 heavy (non-hydrogen) atoms. The van der Waals surface area contributed by atoms with Crippen LogP contribution in [-0.2, 0) is 19.4 Å². The Kier molecular flexibility index (Phi) is 8.02. The average Bonchev–Trinajstić information content (AvgIpc) is 2.79. The molecule has 0 amide bonds. The van der Waals surface area contributed by atoms with Crippen molar-refractivity contribution in [3.05, 3.63) is 17.5 Å². The van der Waals surface area contributed by atoms with Crippen molar-refractivity contribution in [1.29, 1.82) is 0 Å². The summed E-state index contributed by atoms with van der Waals surface area (Å²) in [5.74, 6) is 2.17.